The van der Waals surface area contributed by atoms with Crippen LogP contribution in [-0.4, -0.2) is 18.0 Å². The number of aromatic nitrogens is 1. The number of nitrogens with one attached hydrogen (secondary N) is 1. The molecule has 110 valence electrons. The summed E-state index contributed by atoms with van der Waals surface area (Å²) in [5.74, 6) is -2.69. The predicted octanol–water partition coefficient (Wildman–Crippen LogP) is 3.24. The number of nitrogens with zero attached hydrogens (tertiary/aromatic N) is 1. The molecule has 21 heavy (non-hydrogen) atoms. The number of anilines is 1. The number of carbonyl (C=O) groups is 1. The quantitative estimate of drug-likeness (QED) is 0.884. The van der Waals surface area contributed by atoms with Crippen LogP contribution in [0.2, 0.25) is 0 Å². The molecule has 0 fully saturated rings. The smallest absolute Gasteiger partial charge is 0.258 e. The number of halogens is 2. The molecule has 6 heteroatoms. The van der Waals surface area contributed by atoms with Gasteiger partial charge in [-0.2, -0.15) is 4.39 Å². The first-order valence-electron chi connectivity index (χ1n) is 6.21. The topological polar surface area (TPSA) is 51.2 Å². The summed E-state index contributed by atoms with van der Waals surface area (Å²) in [5, 5.41) is 2.54. The Labute approximate surface area is 120 Å². The van der Waals surface area contributed by atoms with E-state index < -0.39 is 23.2 Å². The van der Waals surface area contributed by atoms with Gasteiger partial charge in [0.05, 0.1) is 12.7 Å². The van der Waals surface area contributed by atoms with Crippen molar-refractivity contribution in [2.45, 2.75) is 13.8 Å². The lowest BCUT2D eigenvalue weighted by Crippen LogP contribution is -2.16. The van der Waals surface area contributed by atoms with Crippen molar-refractivity contribution in [3.63, 3.8) is 0 Å². The van der Waals surface area contributed by atoms with Crippen LogP contribution in [0, 0.1) is 25.6 Å². The van der Waals surface area contributed by atoms with E-state index >= 15 is 0 Å². The van der Waals surface area contributed by atoms with Gasteiger partial charge in [-0.1, -0.05) is 6.07 Å². The van der Waals surface area contributed by atoms with Crippen LogP contribution in [0.3, 0.4) is 0 Å². The summed E-state index contributed by atoms with van der Waals surface area (Å²) in [7, 11) is 1.53. The fraction of sp³-hybridized carbons (Fsp3) is 0.200. The molecule has 0 atom stereocenters. The molecule has 1 N–H and O–H groups in total. The number of hydrogen-bond donors (Lipinski definition) is 1. The number of hydrogen-bond acceptors (Lipinski definition) is 3. The van der Waals surface area contributed by atoms with Gasteiger partial charge in [0.25, 0.3) is 5.91 Å². The Morgan fingerprint density at radius 1 is 1.24 bits per heavy atom. The number of ether oxygens (including phenoxy) is 1. The third kappa shape index (κ3) is 2.84. The Morgan fingerprint density at radius 3 is 2.62 bits per heavy atom. The van der Waals surface area contributed by atoms with Crippen molar-refractivity contribution in [2.75, 3.05) is 12.4 Å². The Kier molecular flexibility index (Phi) is 4.16. The second-order valence-corrected chi connectivity index (χ2v) is 4.51. The summed E-state index contributed by atoms with van der Waals surface area (Å²) in [5.41, 5.74) is 1.69. The van der Waals surface area contributed by atoms with Gasteiger partial charge < -0.3 is 10.1 Å². The van der Waals surface area contributed by atoms with Gasteiger partial charge in [-0.25, -0.2) is 9.37 Å². The highest BCUT2D eigenvalue weighted by Gasteiger charge is 2.17. The van der Waals surface area contributed by atoms with Gasteiger partial charge in [0.2, 0.25) is 5.95 Å². The van der Waals surface area contributed by atoms with Gasteiger partial charge in [-0.15, -0.1) is 0 Å². The van der Waals surface area contributed by atoms with E-state index in [0.29, 0.717) is 17.0 Å². The molecule has 0 aliphatic carbocycles. The first-order valence-corrected chi connectivity index (χ1v) is 6.21. The molecule has 4 nitrogen and oxygen atoms in total. The largest absolute Gasteiger partial charge is 0.496 e. The van der Waals surface area contributed by atoms with Crippen molar-refractivity contribution in [3.05, 3.63) is 52.9 Å². The third-order valence-electron chi connectivity index (χ3n) is 3.15. The van der Waals surface area contributed by atoms with Crippen LogP contribution in [-0.2, 0) is 0 Å². The summed E-state index contributed by atoms with van der Waals surface area (Å²) < 4.78 is 31.8. The lowest BCUT2D eigenvalue weighted by molar-refractivity contribution is 0.102. The minimum absolute atomic E-state index is 0.401. The van der Waals surface area contributed by atoms with Crippen LogP contribution in [0.5, 0.6) is 5.75 Å². The normalized spacial score (nSPS) is 10.3. The number of pyridine rings is 1. The van der Waals surface area contributed by atoms with Gasteiger partial charge in [-0.3, -0.25) is 4.79 Å². The first kappa shape index (κ1) is 14.9. The number of amides is 1. The van der Waals surface area contributed by atoms with Crippen molar-refractivity contribution in [1.82, 2.24) is 4.98 Å². The molecule has 0 radical (unpaired) electrons. The van der Waals surface area contributed by atoms with Crippen LogP contribution in [0.15, 0.2) is 24.4 Å². The summed E-state index contributed by atoms with van der Waals surface area (Å²) in [4.78, 5) is 15.2. The summed E-state index contributed by atoms with van der Waals surface area (Å²) in [6.45, 7) is 3.64. The number of carbonyl (C=O) groups excluding carboxylic acids is 1. The van der Waals surface area contributed by atoms with E-state index in [4.69, 9.17) is 4.74 Å². The fourth-order valence-electron chi connectivity index (χ4n) is 2.06. The lowest BCUT2D eigenvalue weighted by atomic mass is 10.1. The van der Waals surface area contributed by atoms with Gasteiger partial charge in [-0.05, 0) is 31.5 Å². The van der Waals surface area contributed by atoms with Crippen molar-refractivity contribution in [1.29, 1.82) is 0 Å². The van der Waals surface area contributed by atoms with Crippen molar-refractivity contribution >= 4 is 11.6 Å². The first-order chi connectivity index (χ1) is 9.95. The maximum atomic E-state index is 13.5. The van der Waals surface area contributed by atoms with E-state index in [1.165, 1.54) is 7.11 Å². The summed E-state index contributed by atoms with van der Waals surface area (Å²) >= 11 is 0. The van der Waals surface area contributed by atoms with Gasteiger partial charge >= 0.3 is 0 Å². The third-order valence-corrected chi connectivity index (χ3v) is 3.15. The molecule has 0 unspecified atom stereocenters. The zero-order chi connectivity index (χ0) is 15.6. The highest BCUT2D eigenvalue weighted by atomic mass is 19.2. The molecule has 0 saturated heterocycles. The second-order valence-electron chi connectivity index (χ2n) is 4.51. The predicted molar refractivity (Wildman–Crippen MR) is 74.6 cm³/mol. The zero-order valence-electron chi connectivity index (χ0n) is 11.8. The van der Waals surface area contributed by atoms with Crippen molar-refractivity contribution < 1.29 is 18.3 Å². The molecule has 0 aliphatic heterocycles. The minimum Gasteiger partial charge on any atom is -0.496 e. The van der Waals surface area contributed by atoms with Crippen LogP contribution in [0.1, 0.15) is 21.5 Å². The molecule has 2 aromatic rings. The van der Waals surface area contributed by atoms with Crippen molar-refractivity contribution in [2.24, 2.45) is 0 Å². The Morgan fingerprint density at radius 2 is 1.95 bits per heavy atom. The second kappa shape index (κ2) is 5.87. The van der Waals surface area contributed by atoms with Crippen molar-refractivity contribution in [3.8, 4) is 5.75 Å². The number of aryl methyl sites for hydroxylation is 1. The zero-order valence-corrected chi connectivity index (χ0v) is 11.8. The standard InChI is InChI=1S/C15H14F2N2O2/c1-8-4-5-11(9(2)13(8)21-3)19-15(20)10-6-7-18-14(17)12(10)16/h4-7H,1-3H3,(H,19,20). The average molecular weight is 292 g/mol. The van der Waals surface area contributed by atoms with E-state index in [0.717, 1.165) is 17.8 Å². The van der Waals surface area contributed by atoms with Gasteiger partial charge in [0.1, 0.15) is 5.75 Å². The molecule has 0 saturated carbocycles. The SMILES string of the molecule is COc1c(C)ccc(NC(=O)c2ccnc(F)c2F)c1C. The van der Waals surface area contributed by atoms with Crippen LogP contribution in [0.4, 0.5) is 14.5 Å². The Hall–Kier alpha value is -2.50. The maximum Gasteiger partial charge on any atom is 0.258 e. The van der Waals surface area contributed by atoms with E-state index in [1.807, 2.05) is 6.92 Å². The molecular formula is C15H14F2N2O2. The van der Waals surface area contributed by atoms with Crippen LogP contribution < -0.4 is 10.1 Å². The highest BCUT2D eigenvalue weighted by Crippen LogP contribution is 2.29. The van der Waals surface area contributed by atoms with E-state index in [1.54, 1.807) is 19.1 Å². The van der Waals surface area contributed by atoms with Gasteiger partial charge in [0, 0.05) is 17.4 Å². The van der Waals surface area contributed by atoms with Crippen LogP contribution in [0.25, 0.3) is 0 Å². The monoisotopic (exact) mass is 292 g/mol. The average Bonchev–Trinajstić information content (AvgIpc) is 2.45. The fourth-order valence-corrected chi connectivity index (χ4v) is 2.06. The minimum atomic E-state index is -1.30. The number of methoxy groups -OCH3 is 1. The highest BCUT2D eigenvalue weighted by molar-refractivity contribution is 6.04. The Balaban J connectivity index is 2.34. The molecule has 1 aromatic heterocycles. The lowest BCUT2D eigenvalue weighted by Gasteiger charge is -2.14. The van der Waals surface area contributed by atoms with E-state index in [-0.39, 0.29) is 0 Å². The number of benzene rings is 1. The molecule has 1 heterocycles. The van der Waals surface area contributed by atoms with Gasteiger partial charge in [0.15, 0.2) is 5.82 Å². The molecule has 0 spiro atoms. The summed E-state index contributed by atoms with van der Waals surface area (Å²) in [6, 6.07) is 4.57. The molecule has 0 bridgehead atoms. The summed E-state index contributed by atoms with van der Waals surface area (Å²) in [6.07, 6.45) is 1.04. The van der Waals surface area contributed by atoms with E-state index in [9.17, 15) is 13.6 Å². The maximum absolute atomic E-state index is 13.5. The van der Waals surface area contributed by atoms with Crippen LogP contribution >= 0.6 is 0 Å². The Bertz CT molecular complexity index is 702. The molecule has 1 amide bonds. The molecule has 2 rings (SSSR count). The van der Waals surface area contributed by atoms with E-state index in [2.05, 4.69) is 10.3 Å². The molecule has 1 aromatic carbocycles. The molecule has 0 aliphatic rings. The molecular weight excluding hydrogens is 278 g/mol. The number of rotatable bonds is 3.